The van der Waals surface area contributed by atoms with Crippen molar-refractivity contribution in [2.45, 2.75) is 51.2 Å². The van der Waals surface area contributed by atoms with E-state index in [-0.39, 0.29) is 11.6 Å². The molecule has 1 N–H and O–H groups in total. The lowest BCUT2D eigenvalue weighted by Gasteiger charge is -2.44. The largest absolute Gasteiger partial charge is 0.370 e. The van der Waals surface area contributed by atoms with E-state index in [2.05, 4.69) is 48.2 Å². The predicted octanol–water partition coefficient (Wildman–Crippen LogP) is 2.27. The highest BCUT2D eigenvalue weighted by Crippen LogP contribution is 2.36. The molecule has 0 spiro atoms. The van der Waals surface area contributed by atoms with Gasteiger partial charge < -0.3 is 19.9 Å². The van der Waals surface area contributed by atoms with E-state index in [4.69, 9.17) is 9.73 Å². The lowest BCUT2D eigenvalue weighted by Crippen LogP contribution is -2.52. The quantitative estimate of drug-likeness (QED) is 0.617. The molecule has 0 amide bonds. The number of morpholine rings is 1. The Morgan fingerprint density at radius 2 is 2.29 bits per heavy atom. The molecule has 2 aliphatic rings. The van der Waals surface area contributed by atoms with Crippen molar-refractivity contribution in [3.05, 3.63) is 18.0 Å². The van der Waals surface area contributed by atoms with Crippen LogP contribution in [0.4, 0.5) is 0 Å². The number of aliphatic imine (C=N–C) groups is 1. The Labute approximate surface area is 170 Å². The summed E-state index contributed by atoms with van der Waals surface area (Å²) >= 11 is 0. The second-order valence-corrected chi connectivity index (χ2v) is 8.74. The Hall–Kier alpha value is -1.60. The summed E-state index contributed by atoms with van der Waals surface area (Å²) in [5.41, 5.74) is 1.31. The zero-order chi connectivity index (χ0) is 20.1. The summed E-state index contributed by atoms with van der Waals surface area (Å²) < 4.78 is 7.85. The molecular formula is C21H38N6O. The van der Waals surface area contributed by atoms with Crippen molar-refractivity contribution in [1.29, 1.82) is 0 Å². The van der Waals surface area contributed by atoms with Crippen LogP contribution >= 0.6 is 0 Å². The minimum atomic E-state index is 0.0452. The Bertz CT molecular complexity index is 657. The third-order valence-electron chi connectivity index (χ3n) is 6.34. The van der Waals surface area contributed by atoms with Gasteiger partial charge in [-0.3, -0.25) is 9.67 Å². The van der Waals surface area contributed by atoms with Gasteiger partial charge in [0, 0.05) is 37.4 Å². The van der Waals surface area contributed by atoms with Gasteiger partial charge in [-0.1, -0.05) is 19.8 Å². The zero-order valence-electron chi connectivity index (χ0n) is 18.3. The number of nitrogens with zero attached hydrogens (tertiary/aromatic N) is 5. The van der Waals surface area contributed by atoms with Crippen LogP contribution in [-0.4, -0.2) is 78.0 Å². The van der Waals surface area contributed by atoms with Crippen molar-refractivity contribution in [3.63, 3.8) is 0 Å². The summed E-state index contributed by atoms with van der Waals surface area (Å²) in [4.78, 5) is 9.89. The number of ether oxygens (including phenoxy) is 1. The monoisotopic (exact) mass is 390 g/mol. The minimum Gasteiger partial charge on any atom is -0.370 e. The standard InChI is InChI=1S/C21H38N6O/c1-6-22-20(23-16-21(25(3)4)9-7-8-17(2)12-21)27-10-11-28-19(15-27)18-13-24-26(5)14-18/h13-14,17,19H,6-12,15-16H2,1-5H3,(H,22,23). The van der Waals surface area contributed by atoms with E-state index in [9.17, 15) is 0 Å². The van der Waals surface area contributed by atoms with E-state index < -0.39 is 0 Å². The molecule has 7 heteroatoms. The van der Waals surface area contributed by atoms with Crippen LogP contribution in [0.2, 0.25) is 0 Å². The van der Waals surface area contributed by atoms with Crippen molar-refractivity contribution < 1.29 is 4.74 Å². The van der Waals surface area contributed by atoms with E-state index in [1.165, 1.54) is 25.7 Å². The topological polar surface area (TPSA) is 57.9 Å². The van der Waals surface area contributed by atoms with E-state index >= 15 is 0 Å². The molecule has 0 radical (unpaired) electrons. The molecule has 28 heavy (non-hydrogen) atoms. The van der Waals surface area contributed by atoms with Gasteiger partial charge in [0.05, 0.1) is 25.9 Å². The highest BCUT2D eigenvalue weighted by molar-refractivity contribution is 5.80. The van der Waals surface area contributed by atoms with E-state index in [1.807, 2.05) is 24.1 Å². The second kappa shape index (κ2) is 9.27. The first-order valence-electron chi connectivity index (χ1n) is 10.7. The molecule has 1 aliphatic carbocycles. The number of aryl methyl sites for hydroxylation is 1. The SMILES string of the molecule is CCNC(=NCC1(N(C)C)CCCC(C)C1)N1CCOC(c2cnn(C)c2)C1. The highest BCUT2D eigenvalue weighted by atomic mass is 16.5. The van der Waals surface area contributed by atoms with Crippen LogP contribution in [0.3, 0.4) is 0 Å². The number of nitrogens with one attached hydrogen (secondary N) is 1. The molecule has 2 heterocycles. The van der Waals surface area contributed by atoms with E-state index in [0.717, 1.165) is 43.6 Å². The number of rotatable bonds is 5. The van der Waals surface area contributed by atoms with Crippen LogP contribution in [0.5, 0.6) is 0 Å². The average Bonchev–Trinajstić information content (AvgIpc) is 3.11. The number of likely N-dealkylation sites (N-methyl/N-ethyl adjacent to an activating group) is 1. The highest BCUT2D eigenvalue weighted by Gasteiger charge is 2.37. The first-order chi connectivity index (χ1) is 13.4. The second-order valence-electron chi connectivity index (χ2n) is 8.74. The fraction of sp³-hybridized carbons (Fsp3) is 0.810. The third kappa shape index (κ3) is 4.87. The summed E-state index contributed by atoms with van der Waals surface area (Å²) in [5, 5.41) is 7.82. The van der Waals surface area contributed by atoms with Gasteiger partial charge in [0.25, 0.3) is 0 Å². The molecule has 1 saturated carbocycles. The van der Waals surface area contributed by atoms with Gasteiger partial charge in [0.1, 0.15) is 6.10 Å². The summed E-state index contributed by atoms with van der Waals surface area (Å²) in [6.45, 7) is 8.63. The molecular weight excluding hydrogens is 352 g/mol. The van der Waals surface area contributed by atoms with E-state index in [1.54, 1.807) is 0 Å². The maximum Gasteiger partial charge on any atom is 0.194 e. The lowest BCUT2D eigenvalue weighted by molar-refractivity contribution is -0.00823. The molecule has 7 nitrogen and oxygen atoms in total. The minimum absolute atomic E-state index is 0.0452. The predicted molar refractivity (Wildman–Crippen MR) is 114 cm³/mol. The fourth-order valence-electron chi connectivity index (χ4n) is 4.62. The molecule has 0 bridgehead atoms. The van der Waals surface area contributed by atoms with Crippen molar-refractivity contribution in [2.24, 2.45) is 18.0 Å². The number of aromatic nitrogens is 2. The summed E-state index contributed by atoms with van der Waals surface area (Å²) in [5.74, 6) is 1.78. The molecule has 158 valence electrons. The van der Waals surface area contributed by atoms with Crippen LogP contribution in [0, 0.1) is 5.92 Å². The Kier molecular flexibility index (Phi) is 6.99. The summed E-state index contributed by atoms with van der Waals surface area (Å²) in [6.07, 6.45) is 9.09. The van der Waals surface area contributed by atoms with Crippen molar-refractivity contribution in [3.8, 4) is 0 Å². The molecule has 3 rings (SSSR count). The molecule has 3 unspecified atom stereocenters. The fourth-order valence-corrected chi connectivity index (χ4v) is 4.62. The summed E-state index contributed by atoms with van der Waals surface area (Å²) in [6, 6.07) is 0. The van der Waals surface area contributed by atoms with Crippen LogP contribution in [0.15, 0.2) is 17.4 Å². The van der Waals surface area contributed by atoms with Crippen LogP contribution < -0.4 is 5.32 Å². The van der Waals surface area contributed by atoms with Crippen LogP contribution in [0.1, 0.15) is 51.2 Å². The zero-order valence-corrected chi connectivity index (χ0v) is 18.3. The Morgan fingerprint density at radius 3 is 2.93 bits per heavy atom. The molecule has 2 fully saturated rings. The van der Waals surface area contributed by atoms with Gasteiger partial charge in [-0.2, -0.15) is 5.10 Å². The van der Waals surface area contributed by atoms with E-state index in [0.29, 0.717) is 6.61 Å². The maximum absolute atomic E-state index is 6.02. The number of guanidine groups is 1. The first-order valence-corrected chi connectivity index (χ1v) is 10.7. The number of hydrogen-bond donors (Lipinski definition) is 1. The molecule has 1 aromatic heterocycles. The van der Waals surface area contributed by atoms with Crippen molar-refractivity contribution >= 4 is 5.96 Å². The smallest absolute Gasteiger partial charge is 0.194 e. The number of hydrogen-bond acceptors (Lipinski definition) is 4. The van der Waals surface area contributed by atoms with Gasteiger partial charge in [0.15, 0.2) is 5.96 Å². The van der Waals surface area contributed by atoms with Gasteiger partial charge in [-0.05, 0) is 39.8 Å². The van der Waals surface area contributed by atoms with Gasteiger partial charge in [-0.25, -0.2) is 0 Å². The molecule has 1 saturated heterocycles. The molecule has 1 aliphatic heterocycles. The van der Waals surface area contributed by atoms with Crippen LogP contribution in [0.25, 0.3) is 0 Å². The van der Waals surface area contributed by atoms with Gasteiger partial charge in [-0.15, -0.1) is 0 Å². The maximum atomic E-state index is 6.02. The first kappa shape index (κ1) is 21.1. The van der Waals surface area contributed by atoms with Crippen LogP contribution in [-0.2, 0) is 11.8 Å². The van der Waals surface area contributed by atoms with Gasteiger partial charge >= 0.3 is 0 Å². The average molecular weight is 391 g/mol. The summed E-state index contributed by atoms with van der Waals surface area (Å²) in [7, 11) is 6.38. The molecule has 1 aromatic rings. The molecule has 3 atom stereocenters. The normalized spacial score (nSPS) is 29.4. The Balaban J connectivity index is 1.74. The Morgan fingerprint density at radius 1 is 1.46 bits per heavy atom. The third-order valence-corrected chi connectivity index (χ3v) is 6.34. The molecule has 0 aromatic carbocycles. The van der Waals surface area contributed by atoms with Crippen molar-refractivity contribution in [2.75, 3.05) is 46.9 Å². The van der Waals surface area contributed by atoms with Gasteiger partial charge in [0.2, 0.25) is 0 Å². The van der Waals surface area contributed by atoms with Crippen molar-refractivity contribution in [1.82, 2.24) is 24.9 Å². The lowest BCUT2D eigenvalue weighted by atomic mass is 9.75.